The Balaban J connectivity index is 1.47. The van der Waals surface area contributed by atoms with Crippen LogP contribution >= 0.6 is 0 Å². The number of nitrogens with one attached hydrogen (secondary N) is 1. The van der Waals surface area contributed by atoms with Crippen molar-refractivity contribution in [1.82, 2.24) is 5.32 Å². The van der Waals surface area contributed by atoms with Gasteiger partial charge in [0.2, 0.25) is 5.91 Å². The summed E-state index contributed by atoms with van der Waals surface area (Å²) >= 11 is 0. The molecule has 106 valence electrons. The molecule has 3 rings (SSSR count). The fourth-order valence-corrected chi connectivity index (χ4v) is 4.44. The van der Waals surface area contributed by atoms with E-state index in [1.54, 1.807) is 0 Å². The molecule has 3 N–H and O–H groups in total. The van der Waals surface area contributed by atoms with Crippen LogP contribution in [-0.4, -0.2) is 18.0 Å². The van der Waals surface area contributed by atoms with Gasteiger partial charge in [-0.2, -0.15) is 0 Å². The Kier molecular flexibility index (Phi) is 3.66. The van der Waals surface area contributed by atoms with Crippen LogP contribution in [0.5, 0.6) is 0 Å². The molecule has 0 aliphatic heterocycles. The van der Waals surface area contributed by atoms with Gasteiger partial charge in [0.1, 0.15) is 0 Å². The van der Waals surface area contributed by atoms with Crippen molar-refractivity contribution in [3.8, 4) is 0 Å². The number of nitrogens with two attached hydrogens (primary N) is 1. The van der Waals surface area contributed by atoms with Crippen molar-refractivity contribution in [2.75, 3.05) is 0 Å². The van der Waals surface area contributed by atoms with Gasteiger partial charge < -0.3 is 11.1 Å². The van der Waals surface area contributed by atoms with Crippen LogP contribution in [0.25, 0.3) is 0 Å². The van der Waals surface area contributed by atoms with E-state index < -0.39 is 0 Å². The van der Waals surface area contributed by atoms with Gasteiger partial charge in [0, 0.05) is 18.0 Å². The fourth-order valence-electron chi connectivity index (χ4n) is 4.44. The first kappa shape index (κ1) is 13.2. The second-order valence-corrected chi connectivity index (χ2v) is 6.85. The minimum absolute atomic E-state index is 0.107. The van der Waals surface area contributed by atoms with Gasteiger partial charge in [0.15, 0.2) is 0 Å². The minimum atomic E-state index is -0.107. The molecule has 3 heteroatoms. The SMILES string of the molecule is CC(NC1CCC(C(N)=O)CC1)C1CC2C=CC1C2. The van der Waals surface area contributed by atoms with Crippen LogP contribution in [0, 0.1) is 23.7 Å². The summed E-state index contributed by atoms with van der Waals surface area (Å²) in [6.07, 6.45) is 11.7. The highest BCUT2D eigenvalue weighted by molar-refractivity contribution is 5.76. The first-order chi connectivity index (χ1) is 9.13. The second kappa shape index (κ2) is 5.28. The van der Waals surface area contributed by atoms with Crippen LogP contribution in [0.3, 0.4) is 0 Å². The average molecular weight is 262 g/mol. The first-order valence-electron chi connectivity index (χ1n) is 7.87. The maximum Gasteiger partial charge on any atom is 0.220 e. The van der Waals surface area contributed by atoms with E-state index in [1.807, 2.05) is 0 Å². The normalized spacial score (nSPS) is 42.5. The number of rotatable bonds is 4. The zero-order valence-electron chi connectivity index (χ0n) is 11.8. The molecule has 0 aromatic rings. The van der Waals surface area contributed by atoms with Gasteiger partial charge in [-0.25, -0.2) is 0 Å². The molecule has 2 fully saturated rings. The summed E-state index contributed by atoms with van der Waals surface area (Å²) < 4.78 is 0. The lowest BCUT2D eigenvalue weighted by Gasteiger charge is -2.34. The predicted octanol–water partition coefficient (Wildman–Crippen LogP) is 2.22. The van der Waals surface area contributed by atoms with Crippen molar-refractivity contribution in [3.05, 3.63) is 12.2 Å². The van der Waals surface area contributed by atoms with E-state index in [0.717, 1.165) is 43.4 Å². The number of carbonyl (C=O) groups is 1. The third-order valence-electron chi connectivity index (χ3n) is 5.60. The average Bonchev–Trinajstić information content (AvgIpc) is 3.01. The Hall–Kier alpha value is -0.830. The number of carbonyl (C=O) groups excluding carboxylic acids is 1. The Morgan fingerprint density at radius 3 is 2.47 bits per heavy atom. The van der Waals surface area contributed by atoms with Crippen LogP contribution < -0.4 is 11.1 Å². The van der Waals surface area contributed by atoms with Crippen molar-refractivity contribution in [1.29, 1.82) is 0 Å². The van der Waals surface area contributed by atoms with E-state index in [2.05, 4.69) is 24.4 Å². The summed E-state index contributed by atoms with van der Waals surface area (Å²) in [5.74, 6) is 2.51. The van der Waals surface area contributed by atoms with E-state index >= 15 is 0 Å². The molecule has 3 nitrogen and oxygen atoms in total. The Bertz CT molecular complexity index is 371. The predicted molar refractivity (Wildman–Crippen MR) is 76.4 cm³/mol. The van der Waals surface area contributed by atoms with Crippen LogP contribution in [0.4, 0.5) is 0 Å². The molecule has 0 aromatic heterocycles. The summed E-state index contributed by atoms with van der Waals surface area (Å²) in [4.78, 5) is 11.2. The minimum Gasteiger partial charge on any atom is -0.369 e. The summed E-state index contributed by atoms with van der Waals surface area (Å²) in [5, 5.41) is 3.82. The number of fused-ring (bicyclic) bond motifs is 2. The summed E-state index contributed by atoms with van der Waals surface area (Å²) in [6.45, 7) is 2.35. The Morgan fingerprint density at radius 1 is 1.21 bits per heavy atom. The molecule has 0 aromatic carbocycles. The molecular formula is C16H26N2O. The molecule has 1 amide bonds. The number of primary amides is 1. The highest BCUT2D eigenvalue weighted by atomic mass is 16.1. The molecule has 0 saturated heterocycles. The molecule has 2 saturated carbocycles. The van der Waals surface area contributed by atoms with Gasteiger partial charge in [0.05, 0.1) is 0 Å². The maximum absolute atomic E-state index is 11.2. The molecule has 19 heavy (non-hydrogen) atoms. The number of allylic oxidation sites excluding steroid dienone is 2. The zero-order valence-corrected chi connectivity index (χ0v) is 11.8. The Morgan fingerprint density at radius 2 is 1.95 bits per heavy atom. The smallest absolute Gasteiger partial charge is 0.220 e. The largest absolute Gasteiger partial charge is 0.369 e. The van der Waals surface area contributed by atoms with Gasteiger partial charge in [-0.1, -0.05) is 12.2 Å². The Labute approximate surface area is 116 Å². The summed E-state index contributed by atoms with van der Waals surface area (Å²) in [6, 6.07) is 1.20. The van der Waals surface area contributed by atoms with Crippen LogP contribution in [0.15, 0.2) is 12.2 Å². The number of hydrogen-bond donors (Lipinski definition) is 2. The highest BCUT2D eigenvalue weighted by Gasteiger charge is 2.39. The molecule has 3 aliphatic carbocycles. The lowest BCUT2D eigenvalue weighted by atomic mass is 9.83. The molecule has 3 aliphatic rings. The van der Waals surface area contributed by atoms with Crippen molar-refractivity contribution in [2.45, 2.75) is 57.5 Å². The number of hydrogen-bond acceptors (Lipinski definition) is 2. The van der Waals surface area contributed by atoms with Crippen LogP contribution in [0.1, 0.15) is 45.4 Å². The standard InChI is InChI=1S/C16H26N2O/c1-10(15-9-11-2-3-13(15)8-11)18-14-6-4-12(5-7-14)16(17)19/h2-3,10-15,18H,4-9H2,1H3,(H2,17,19). The monoisotopic (exact) mass is 262 g/mol. The molecule has 0 spiro atoms. The molecular weight excluding hydrogens is 236 g/mol. The van der Waals surface area contributed by atoms with Crippen molar-refractivity contribution < 1.29 is 4.79 Å². The van der Waals surface area contributed by atoms with Gasteiger partial charge in [0.25, 0.3) is 0 Å². The second-order valence-electron chi connectivity index (χ2n) is 6.85. The van der Waals surface area contributed by atoms with Gasteiger partial charge in [-0.3, -0.25) is 4.79 Å². The fraction of sp³-hybridized carbons (Fsp3) is 0.812. The van der Waals surface area contributed by atoms with Crippen LogP contribution in [0.2, 0.25) is 0 Å². The van der Waals surface area contributed by atoms with Crippen molar-refractivity contribution >= 4 is 5.91 Å². The molecule has 2 bridgehead atoms. The lowest BCUT2D eigenvalue weighted by molar-refractivity contribution is -0.122. The van der Waals surface area contributed by atoms with Gasteiger partial charge >= 0.3 is 0 Å². The molecule has 0 radical (unpaired) electrons. The topological polar surface area (TPSA) is 55.1 Å². The quantitative estimate of drug-likeness (QED) is 0.763. The van der Waals surface area contributed by atoms with E-state index in [9.17, 15) is 4.79 Å². The van der Waals surface area contributed by atoms with E-state index in [4.69, 9.17) is 5.73 Å². The molecule has 4 atom stereocenters. The van der Waals surface area contributed by atoms with E-state index in [-0.39, 0.29) is 11.8 Å². The lowest BCUT2D eigenvalue weighted by Crippen LogP contribution is -2.44. The zero-order chi connectivity index (χ0) is 13.4. The molecule has 0 heterocycles. The third-order valence-corrected chi connectivity index (χ3v) is 5.60. The summed E-state index contributed by atoms with van der Waals surface area (Å²) in [5.41, 5.74) is 5.39. The van der Waals surface area contributed by atoms with E-state index in [1.165, 1.54) is 12.8 Å². The van der Waals surface area contributed by atoms with Crippen molar-refractivity contribution in [3.63, 3.8) is 0 Å². The van der Waals surface area contributed by atoms with Gasteiger partial charge in [-0.15, -0.1) is 0 Å². The maximum atomic E-state index is 11.2. The number of amides is 1. The first-order valence-corrected chi connectivity index (χ1v) is 7.87. The van der Waals surface area contributed by atoms with Crippen molar-refractivity contribution in [2.24, 2.45) is 29.4 Å². The van der Waals surface area contributed by atoms with Crippen LogP contribution in [-0.2, 0) is 4.79 Å². The summed E-state index contributed by atoms with van der Waals surface area (Å²) in [7, 11) is 0. The van der Waals surface area contributed by atoms with Gasteiger partial charge in [-0.05, 0) is 63.2 Å². The molecule has 4 unspecified atom stereocenters. The highest BCUT2D eigenvalue weighted by Crippen LogP contribution is 2.45. The third kappa shape index (κ3) is 2.71. The van der Waals surface area contributed by atoms with E-state index in [0.29, 0.717) is 12.1 Å².